The van der Waals surface area contributed by atoms with E-state index in [4.69, 9.17) is 9.84 Å². The fraction of sp³-hybridized carbons (Fsp3) is 0.333. The van der Waals surface area contributed by atoms with E-state index in [1.54, 1.807) is 23.1 Å². The highest BCUT2D eigenvalue weighted by atomic mass is 19.4. The maximum Gasteiger partial charge on any atom is 0.416 e. The lowest BCUT2D eigenvalue weighted by molar-refractivity contribution is -0.137. The predicted molar refractivity (Wildman–Crippen MR) is 126 cm³/mol. The first-order valence-electron chi connectivity index (χ1n) is 11.4. The molecule has 188 valence electrons. The largest absolute Gasteiger partial charge is 0.463 e. The summed E-state index contributed by atoms with van der Waals surface area (Å²) in [7, 11) is 0. The highest BCUT2D eigenvalue weighted by Gasteiger charge is 2.40. The number of halogens is 3. The summed E-state index contributed by atoms with van der Waals surface area (Å²) in [5.41, 5.74) is 0.618. The molecule has 1 aromatic carbocycles. The normalized spacial score (nSPS) is 16.6. The molecular weight excluding hydrogens is 477 g/mol. The maximum absolute atomic E-state index is 13.4. The van der Waals surface area contributed by atoms with Crippen LogP contribution in [0.1, 0.15) is 18.4 Å². The summed E-state index contributed by atoms with van der Waals surface area (Å²) in [6.07, 6.45) is -1.88. The highest BCUT2D eigenvalue weighted by Crippen LogP contribution is 2.41. The molecule has 9 nitrogen and oxygen atoms in total. The molecule has 0 spiro atoms. The number of hydrogen-bond donors (Lipinski definition) is 2. The van der Waals surface area contributed by atoms with E-state index in [2.05, 4.69) is 25.2 Å². The van der Waals surface area contributed by atoms with Crippen LogP contribution in [0.3, 0.4) is 0 Å². The molecule has 12 heteroatoms. The van der Waals surface area contributed by atoms with Crippen LogP contribution in [0.25, 0.3) is 11.3 Å². The Bertz CT molecular complexity index is 1270. The minimum absolute atomic E-state index is 0.0291. The van der Waals surface area contributed by atoms with Crippen molar-refractivity contribution in [3.63, 3.8) is 0 Å². The Morgan fingerprint density at radius 2 is 2.06 bits per heavy atom. The predicted octanol–water partition coefficient (Wildman–Crippen LogP) is 3.95. The smallest absolute Gasteiger partial charge is 0.416 e. The van der Waals surface area contributed by atoms with Gasteiger partial charge < -0.3 is 14.7 Å². The molecule has 5 rings (SSSR count). The number of nitrogens with one attached hydrogen (secondary N) is 1. The molecule has 2 aliphatic heterocycles. The van der Waals surface area contributed by atoms with Crippen LogP contribution < -0.4 is 19.9 Å². The number of benzene rings is 1. The third-order valence-electron chi connectivity index (χ3n) is 6.06. The number of aliphatic hydroxyl groups excluding tert-OH is 1. The molecular formula is C24H23F3N6O3. The molecule has 0 aliphatic carbocycles. The number of fused-ring (bicyclic) bond motifs is 4. The van der Waals surface area contributed by atoms with Gasteiger partial charge in [-0.3, -0.25) is 10.2 Å². The summed E-state index contributed by atoms with van der Waals surface area (Å²) in [6.45, 7) is 1.57. The number of nitrogens with zero attached hydrogens (tertiary/aromatic N) is 5. The molecule has 2 amide bonds. The second-order valence-corrected chi connectivity index (χ2v) is 8.46. The fourth-order valence-electron chi connectivity index (χ4n) is 4.36. The molecule has 0 radical (unpaired) electrons. The topological polar surface area (TPSA) is 104 Å². The molecule has 36 heavy (non-hydrogen) atoms. The van der Waals surface area contributed by atoms with Crippen molar-refractivity contribution in [3.8, 4) is 17.3 Å². The van der Waals surface area contributed by atoms with E-state index in [1.807, 2.05) is 0 Å². The van der Waals surface area contributed by atoms with E-state index in [9.17, 15) is 18.0 Å². The van der Waals surface area contributed by atoms with Crippen LogP contribution in [-0.2, 0) is 6.18 Å². The van der Waals surface area contributed by atoms with Gasteiger partial charge in [-0.1, -0.05) is 12.1 Å². The van der Waals surface area contributed by atoms with Crippen LogP contribution >= 0.6 is 0 Å². The average Bonchev–Trinajstić information content (AvgIpc) is 3.28. The Morgan fingerprint density at radius 1 is 1.19 bits per heavy atom. The van der Waals surface area contributed by atoms with Crippen LogP contribution in [0.4, 0.5) is 35.3 Å². The average molecular weight is 500 g/mol. The van der Waals surface area contributed by atoms with Gasteiger partial charge in [-0.2, -0.15) is 18.2 Å². The van der Waals surface area contributed by atoms with Crippen molar-refractivity contribution in [2.45, 2.75) is 25.1 Å². The highest BCUT2D eigenvalue weighted by molar-refractivity contribution is 6.04. The van der Waals surface area contributed by atoms with Crippen LogP contribution in [0, 0.1) is 0 Å². The number of hydrogen-bond acceptors (Lipinski definition) is 7. The first-order chi connectivity index (χ1) is 17.3. The number of aromatic nitrogens is 3. The number of carbonyl (C=O) groups is 1. The minimum atomic E-state index is -4.47. The van der Waals surface area contributed by atoms with Crippen molar-refractivity contribution in [2.75, 3.05) is 41.4 Å². The number of ether oxygens (including phenoxy) is 1. The molecule has 1 saturated heterocycles. The molecule has 2 aliphatic rings. The zero-order chi connectivity index (χ0) is 25.3. The number of carbonyl (C=O) groups excluding carboxylic acids is 1. The number of alkyl halides is 3. The van der Waals surface area contributed by atoms with Gasteiger partial charge in [0.2, 0.25) is 0 Å². The number of urea groups is 1. The van der Waals surface area contributed by atoms with Gasteiger partial charge in [0.25, 0.3) is 0 Å². The van der Waals surface area contributed by atoms with Gasteiger partial charge in [0.1, 0.15) is 5.82 Å². The van der Waals surface area contributed by atoms with E-state index in [1.165, 1.54) is 18.3 Å². The molecule has 0 saturated carbocycles. The quantitative estimate of drug-likeness (QED) is 0.494. The van der Waals surface area contributed by atoms with E-state index < -0.39 is 17.8 Å². The van der Waals surface area contributed by atoms with Gasteiger partial charge in [0.15, 0.2) is 5.82 Å². The van der Waals surface area contributed by atoms with Crippen molar-refractivity contribution in [2.24, 2.45) is 0 Å². The lowest BCUT2D eigenvalue weighted by Gasteiger charge is -2.35. The zero-order valence-electron chi connectivity index (χ0n) is 19.1. The number of pyridine rings is 1. The van der Waals surface area contributed by atoms with E-state index in [-0.39, 0.29) is 31.1 Å². The van der Waals surface area contributed by atoms with Crippen LogP contribution in [0.15, 0.2) is 48.7 Å². The van der Waals surface area contributed by atoms with E-state index in [0.717, 1.165) is 30.8 Å². The summed E-state index contributed by atoms with van der Waals surface area (Å²) in [5.74, 6) is 0.606. The Labute approximate surface area is 204 Å². The molecule has 3 aromatic rings. The van der Waals surface area contributed by atoms with Gasteiger partial charge in [-0.05, 0) is 36.8 Å². The van der Waals surface area contributed by atoms with Gasteiger partial charge in [0, 0.05) is 37.9 Å². The summed E-state index contributed by atoms with van der Waals surface area (Å²) in [4.78, 5) is 29.9. The SMILES string of the molecule is O=C(Nc1ccnc(OCCCO)n1)N1c2nc(-c3cccc(C(F)(F)F)c3)ccc2N2CC[C@H]1C2. The first kappa shape index (κ1) is 23.8. The van der Waals surface area contributed by atoms with Crippen LogP contribution in [0.2, 0.25) is 0 Å². The summed E-state index contributed by atoms with van der Waals surface area (Å²) >= 11 is 0. The molecule has 4 heterocycles. The minimum Gasteiger partial charge on any atom is -0.463 e. The summed E-state index contributed by atoms with van der Waals surface area (Å²) < 4.78 is 45.1. The zero-order valence-corrected chi connectivity index (χ0v) is 19.1. The second kappa shape index (κ2) is 9.61. The van der Waals surface area contributed by atoms with Crippen molar-refractivity contribution >= 4 is 23.4 Å². The molecule has 1 fully saturated rings. The lowest BCUT2D eigenvalue weighted by atomic mass is 10.1. The summed E-state index contributed by atoms with van der Waals surface area (Å²) in [6, 6.07) is 9.40. The van der Waals surface area contributed by atoms with Gasteiger partial charge in [-0.15, -0.1) is 0 Å². The second-order valence-electron chi connectivity index (χ2n) is 8.46. The van der Waals surface area contributed by atoms with Gasteiger partial charge >= 0.3 is 18.2 Å². The first-order valence-corrected chi connectivity index (χ1v) is 11.4. The van der Waals surface area contributed by atoms with Gasteiger partial charge in [-0.25, -0.2) is 14.8 Å². The molecule has 0 unspecified atom stereocenters. The molecule has 1 atom stereocenters. The Morgan fingerprint density at radius 3 is 2.86 bits per heavy atom. The number of amides is 2. The van der Waals surface area contributed by atoms with Crippen molar-refractivity contribution < 1.29 is 27.8 Å². The summed E-state index contributed by atoms with van der Waals surface area (Å²) in [5, 5.41) is 11.6. The van der Waals surface area contributed by atoms with Crippen molar-refractivity contribution in [1.82, 2.24) is 15.0 Å². The third-order valence-corrected chi connectivity index (χ3v) is 6.06. The Kier molecular flexibility index (Phi) is 6.35. The van der Waals surface area contributed by atoms with Crippen LogP contribution in [0.5, 0.6) is 6.01 Å². The number of aliphatic hydroxyl groups is 1. The Hall–Kier alpha value is -3.93. The fourth-order valence-corrected chi connectivity index (χ4v) is 4.36. The molecule has 2 bridgehead atoms. The monoisotopic (exact) mass is 500 g/mol. The van der Waals surface area contributed by atoms with Crippen molar-refractivity contribution in [3.05, 3.63) is 54.2 Å². The molecule has 2 N–H and O–H groups in total. The van der Waals surface area contributed by atoms with E-state index >= 15 is 0 Å². The maximum atomic E-state index is 13.4. The van der Waals surface area contributed by atoms with Crippen LogP contribution in [-0.4, -0.2) is 58.4 Å². The number of anilines is 3. The third kappa shape index (κ3) is 4.76. The standard InChI is InChI=1S/C24H23F3N6O3/c25-24(26,27)16-4-1-3-15(13-16)18-5-6-19-21(29-18)33(17-8-10-32(19)14-17)23(35)31-20-7-9-28-22(30-20)36-12-2-11-34/h1,3-7,9,13,17,34H,2,8,10-12,14H2,(H,28,30,31,35)/t17-/m0/s1. The van der Waals surface area contributed by atoms with Crippen molar-refractivity contribution in [1.29, 1.82) is 0 Å². The van der Waals surface area contributed by atoms with Gasteiger partial charge in [0.05, 0.1) is 29.6 Å². The van der Waals surface area contributed by atoms with E-state index in [0.29, 0.717) is 30.0 Å². The lowest BCUT2D eigenvalue weighted by Crippen LogP contribution is -2.48. The molecule has 2 aromatic heterocycles. The number of rotatable bonds is 6. The Balaban J connectivity index is 1.44.